The number of benzene rings is 1. The van der Waals surface area contributed by atoms with Gasteiger partial charge in [0.1, 0.15) is 17.1 Å². The smallest absolute Gasteiger partial charge is 0.323 e. The van der Waals surface area contributed by atoms with Crippen molar-refractivity contribution < 1.29 is 18.9 Å². The molecular formula is C16H18N2O5. The molecule has 2 aromatic rings. The van der Waals surface area contributed by atoms with Crippen LogP contribution >= 0.6 is 0 Å². The number of nitro groups is 1. The molecule has 1 aromatic heterocycles. The minimum absolute atomic E-state index is 0.0425. The molecule has 1 heterocycles. The lowest BCUT2D eigenvalue weighted by Crippen LogP contribution is -2.27. The van der Waals surface area contributed by atoms with E-state index in [9.17, 15) is 14.9 Å². The summed E-state index contributed by atoms with van der Waals surface area (Å²) in [5.74, 6) is 0.952. The van der Waals surface area contributed by atoms with Gasteiger partial charge >= 0.3 is 5.69 Å². The van der Waals surface area contributed by atoms with Crippen molar-refractivity contribution in [2.45, 2.75) is 26.8 Å². The summed E-state index contributed by atoms with van der Waals surface area (Å²) in [5, 5.41) is 14.0. The monoisotopic (exact) mass is 318 g/mol. The molecule has 0 aliphatic carbocycles. The average molecular weight is 318 g/mol. The maximum absolute atomic E-state index is 12.4. The van der Waals surface area contributed by atoms with Crippen molar-refractivity contribution in [3.63, 3.8) is 0 Å². The number of rotatable bonds is 5. The first-order valence-corrected chi connectivity index (χ1v) is 7.04. The number of furan rings is 1. The van der Waals surface area contributed by atoms with Crippen molar-refractivity contribution in [1.82, 2.24) is 5.32 Å². The van der Waals surface area contributed by atoms with Gasteiger partial charge in [0, 0.05) is 5.56 Å². The number of methoxy groups -OCH3 is 1. The summed E-state index contributed by atoms with van der Waals surface area (Å²) in [7, 11) is 1.32. The van der Waals surface area contributed by atoms with Gasteiger partial charge in [-0.05, 0) is 39.0 Å². The highest BCUT2D eigenvalue weighted by Gasteiger charge is 2.26. The Morgan fingerprint density at radius 2 is 2.09 bits per heavy atom. The maximum atomic E-state index is 12.4. The molecule has 0 spiro atoms. The third kappa shape index (κ3) is 3.33. The molecule has 23 heavy (non-hydrogen) atoms. The van der Waals surface area contributed by atoms with Gasteiger partial charge < -0.3 is 14.5 Å². The van der Waals surface area contributed by atoms with E-state index in [2.05, 4.69) is 5.32 Å². The van der Waals surface area contributed by atoms with E-state index >= 15 is 0 Å². The lowest BCUT2D eigenvalue weighted by Gasteiger charge is -2.14. The fraction of sp³-hybridized carbons (Fsp3) is 0.312. The largest absolute Gasteiger partial charge is 0.490 e. The molecule has 0 aliphatic rings. The van der Waals surface area contributed by atoms with Crippen molar-refractivity contribution in [1.29, 1.82) is 0 Å². The van der Waals surface area contributed by atoms with Gasteiger partial charge in [-0.25, -0.2) is 0 Å². The Kier molecular flexibility index (Phi) is 4.68. The van der Waals surface area contributed by atoms with E-state index in [1.165, 1.54) is 19.2 Å². The molecule has 122 valence electrons. The Labute approximate surface area is 133 Å². The van der Waals surface area contributed by atoms with Gasteiger partial charge in [0.2, 0.25) is 0 Å². The molecule has 1 N–H and O–H groups in total. The summed E-state index contributed by atoms with van der Waals surface area (Å²) in [6, 6.07) is 5.88. The van der Waals surface area contributed by atoms with E-state index in [4.69, 9.17) is 9.15 Å². The molecule has 0 fully saturated rings. The number of nitrogens with zero attached hydrogens (tertiary/aromatic N) is 1. The molecule has 1 amide bonds. The predicted molar refractivity (Wildman–Crippen MR) is 83.7 cm³/mol. The van der Waals surface area contributed by atoms with Gasteiger partial charge in [-0.15, -0.1) is 0 Å². The minimum Gasteiger partial charge on any atom is -0.490 e. The molecule has 1 atom stereocenters. The Hall–Kier alpha value is -2.83. The highest BCUT2D eigenvalue weighted by Crippen LogP contribution is 2.31. The van der Waals surface area contributed by atoms with Crippen molar-refractivity contribution in [2.75, 3.05) is 7.11 Å². The molecule has 7 nitrogen and oxygen atoms in total. The second-order valence-corrected chi connectivity index (χ2v) is 5.18. The van der Waals surface area contributed by atoms with Crippen LogP contribution in [-0.4, -0.2) is 17.9 Å². The summed E-state index contributed by atoms with van der Waals surface area (Å²) in [6.45, 7) is 5.41. The van der Waals surface area contributed by atoms with Gasteiger partial charge in [0.25, 0.3) is 5.91 Å². The third-order valence-electron chi connectivity index (χ3n) is 3.54. The molecule has 0 aliphatic heterocycles. The second kappa shape index (κ2) is 6.51. The molecule has 2 rings (SSSR count). The number of amides is 1. The van der Waals surface area contributed by atoms with E-state index in [1.807, 2.05) is 13.0 Å². The van der Waals surface area contributed by atoms with Crippen LogP contribution in [0.3, 0.4) is 0 Å². The number of aryl methyl sites for hydroxylation is 2. The Morgan fingerprint density at radius 3 is 2.61 bits per heavy atom. The first kappa shape index (κ1) is 16.5. The van der Waals surface area contributed by atoms with E-state index < -0.39 is 10.8 Å². The highest BCUT2D eigenvalue weighted by atomic mass is 16.6. The van der Waals surface area contributed by atoms with Crippen LogP contribution in [0.4, 0.5) is 5.69 Å². The molecule has 0 bridgehead atoms. The number of hydrogen-bond acceptors (Lipinski definition) is 5. The van der Waals surface area contributed by atoms with Crippen LogP contribution in [0, 0.1) is 24.0 Å². The molecule has 0 saturated heterocycles. The minimum atomic E-state index is -0.619. The Bertz CT molecular complexity index is 751. The number of hydrogen-bond donors (Lipinski definition) is 1. The van der Waals surface area contributed by atoms with Crippen LogP contribution in [0.2, 0.25) is 0 Å². The number of para-hydroxylation sites is 1. The van der Waals surface area contributed by atoms with Gasteiger partial charge in [-0.1, -0.05) is 6.07 Å². The van der Waals surface area contributed by atoms with Crippen LogP contribution in [-0.2, 0) is 0 Å². The number of nitro benzene ring substituents is 1. The van der Waals surface area contributed by atoms with Crippen LogP contribution in [0.5, 0.6) is 5.75 Å². The van der Waals surface area contributed by atoms with Crippen LogP contribution in [0.15, 0.2) is 28.7 Å². The zero-order valence-corrected chi connectivity index (χ0v) is 13.4. The van der Waals surface area contributed by atoms with Crippen LogP contribution in [0.1, 0.15) is 40.4 Å². The number of carbonyl (C=O) groups is 1. The lowest BCUT2D eigenvalue weighted by molar-refractivity contribution is -0.386. The van der Waals surface area contributed by atoms with Crippen molar-refractivity contribution in [3.05, 3.63) is 57.0 Å². The molecule has 0 radical (unpaired) electrons. The van der Waals surface area contributed by atoms with Crippen molar-refractivity contribution in [3.8, 4) is 5.75 Å². The summed E-state index contributed by atoms with van der Waals surface area (Å²) in [5.41, 5.74) is 0.445. The first-order chi connectivity index (χ1) is 10.8. The molecule has 0 saturated carbocycles. The first-order valence-electron chi connectivity index (χ1n) is 7.04. The lowest BCUT2D eigenvalue weighted by atomic mass is 10.1. The van der Waals surface area contributed by atoms with E-state index in [1.54, 1.807) is 19.9 Å². The summed E-state index contributed by atoms with van der Waals surface area (Å²) < 4.78 is 10.4. The molecule has 1 unspecified atom stereocenters. The summed E-state index contributed by atoms with van der Waals surface area (Å²) >= 11 is 0. The zero-order chi connectivity index (χ0) is 17.1. The van der Waals surface area contributed by atoms with Crippen LogP contribution in [0.25, 0.3) is 0 Å². The van der Waals surface area contributed by atoms with Crippen molar-refractivity contribution >= 4 is 11.6 Å². The number of ether oxygens (including phenoxy) is 1. The normalized spacial score (nSPS) is 11.8. The SMILES string of the molecule is COc1cccc(C(=O)NC(C)c2cc(C)oc2C)c1[N+](=O)[O-]. The molecule has 1 aromatic carbocycles. The van der Waals surface area contributed by atoms with Gasteiger partial charge in [-0.2, -0.15) is 0 Å². The predicted octanol–water partition coefficient (Wildman–Crippen LogP) is 3.30. The van der Waals surface area contributed by atoms with Crippen LogP contribution < -0.4 is 10.1 Å². The average Bonchev–Trinajstić information content (AvgIpc) is 2.84. The van der Waals surface area contributed by atoms with Gasteiger partial charge in [-0.3, -0.25) is 14.9 Å². The maximum Gasteiger partial charge on any atom is 0.323 e. The van der Waals surface area contributed by atoms with Crippen molar-refractivity contribution in [2.24, 2.45) is 0 Å². The molecular weight excluding hydrogens is 300 g/mol. The summed E-state index contributed by atoms with van der Waals surface area (Å²) in [4.78, 5) is 23.1. The summed E-state index contributed by atoms with van der Waals surface area (Å²) in [6.07, 6.45) is 0. The Morgan fingerprint density at radius 1 is 1.39 bits per heavy atom. The fourth-order valence-electron chi connectivity index (χ4n) is 2.49. The number of carbonyl (C=O) groups excluding carboxylic acids is 1. The highest BCUT2D eigenvalue weighted by molar-refractivity contribution is 5.99. The second-order valence-electron chi connectivity index (χ2n) is 5.18. The third-order valence-corrected chi connectivity index (χ3v) is 3.54. The van der Waals surface area contributed by atoms with E-state index in [-0.39, 0.29) is 23.0 Å². The Balaban J connectivity index is 2.31. The standard InChI is InChI=1S/C16H18N2O5/c1-9-8-13(11(3)23-9)10(2)17-16(19)12-6-5-7-14(22-4)15(12)18(20)21/h5-8,10H,1-4H3,(H,17,19). The number of nitrogens with one attached hydrogen (secondary N) is 1. The molecule has 7 heteroatoms. The topological polar surface area (TPSA) is 94.6 Å². The van der Waals surface area contributed by atoms with E-state index in [0.29, 0.717) is 5.76 Å². The quantitative estimate of drug-likeness (QED) is 0.674. The zero-order valence-electron chi connectivity index (χ0n) is 13.4. The van der Waals surface area contributed by atoms with E-state index in [0.717, 1.165) is 11.3 Å². The van der Waals surface area contributed by atoms with Gasteiger partial charge in [0.15, 0.2) is 5.75 Å². The van der Waals surface area contributed by atoms with Gasteiger partial charge in [0.05, 0.1) is 18.1 Å². The fourth-order valence-corrected chi connectivity index (χ4v) is 2.49.